The van der Waals surface area contributed by atoms with Crippen LogP contribution in [0.4, 0.5) is 10.5 Å². The first kappa shape index (κ1) is 28.3. The normalized spacial score (nSPS) is 27.3. The highest BCUT2D eigenvalue weighted by atomic mass is 35.5. The molecule has 5 fully saturated rings. The first-order valence-corrected chi connectivity index (χ1v) is 14.8. The molecule has 1 N–H and O–H groups in total. The lowest BCUT2D eigenvalue weighted by atomic mass is 9.48. The van der Waals surface area contributed by atoms with Crippen molar-refractivity contribution in [2.45, 2.75) is 50.9 Å². The zero-order chi connectivity index (χ0) is 29.6. The number of carbonyl (C=O) groups is 4. The third kappa shape index (κ3) is 5.15. The number of carbonyl (C=O) groups excluding carboxylic acids is 4. The lowest BCUT2D eigenvalue weighted by Crippen LogP contribution is -2.54. The molecule has 7 rings (SSSR count). The van der Waals surface area contributed by atoms with E-state index >= 15 is 0 Å². The molecule has 4 aliphatic carbocycles. The summed E-state index contributed by atoms with van der Waals surface area (Å²) in [4.78, 5) is 51.8. The van der Waals surface area contributed by atoms with Gasteiger partial charge >= 0.3 is 12.0 Å². The van der Waals surface area contributed by atoms with Gasteiger partial charge in [-0.1, -0.05) is 23.7 Å². The molecule has 0 aromatic heterocycles. The number of amides is 4. The number of urea groups is 1. The van der Waals surface area contributed by atoms with E-state index in [2.05, 4.69) is 5.32 Å². The van der Waals surface area contributed by atoms with Crippen LogP contribution in [0.25, 0.3) is 6.08 Å². The average Bonchev–Trinajstić information content (AvgIpc) is 2.94. The molecule has 10 heteroatoms. The molecule has 9 nitrogen and oxygen atoms in total. The van der Waals surface area contributed by atoms with Crippen LogP contribution in [0, 0.1) is 17.8 Å². The maximum absolute atomic E-state index is 13.5. The Hall–Kier alpha value is -3.85. The fraction of sp³-hybridized carbons (Fsp3) is 0.438. The molecule has 1 aliphatic heterocycles. The van der Waals surface area contributed by atoms with Crippen molar-refractivity contribution >= 4 is 47.2 Å². The Kier molecular flexibility index (Phi) is 7.47. The van der Waals surface area contributed by atoms with Gasteiger partial charge in [-0.05, 0) is 110 Å². The molecule has 5 aliphatic rings. The predicted molar refractivity (Wildman–Crippen MR) is 155 cm³/mol. The maximum Gasteiger partial charge on any atom is 0.344 e. The van der Waals surface area contributed by atoms with Crippen molar-refractivity contribution < 1.29 is 33.4 Å². The molecule has 42 heavy (non-hydrogen) atoms. The van der Waals surface area contributed by atoms with E-state index < -0.39 is 23.8 Å². The third-order valence-electron chi connectivity index (χ3n) is 9.08. The SMILES string of the molecule is CCOC(=O)COc1c(Cl)cc(C=C2C(=O)NC(=O)N(c3ccc(C45CC6CC(CC(C6)C4)C5)cc3)C2=O)cc1OC. The van der Waals surface area contributed by atoms with E-state index in [0.717, 1.165) is 22.7 Å². The molecule has 2 aromatic carbocycles. The molecule has 4 saturated carbocycles. The molecule has 0 spiro atoms. The number of rotatable bonds is 8. The molecular weight excluding hydrogens is 560 g/mol. The van der Waals surface area contributed by atoms with Gasteiger partial charge in [-0.3, -0.25) is 14.9 Å². The molecule has 220 valence electrons. The van der Waals surface area contributed by atoms with Gasteiger partial charge < -0.3 is 14.2 Å². The second kappa shape index (κ2) is 11.1. The number of imide groups is 2. The standard InChI is InChI=1S/C32H33ClN2O7/c1-3-41-27(36)17-42-28-25(33)12-18(13-26(28)40-2)11-24-29(37)34-31(39)35(30(24)38)23-6-4-22(5-7-23)32-14-19-8-20(15-32)10-21(9-19)16-32/h4-7,11-13,19-21H,3,8-10,14-17H2,1-2H3,(H,34,37,39). The zero-order valence-corrected chi connectivity index (χ0v) is 24.4. The second-order valence-electron chi connectivity index (χ2n) is 11.8. The largest absolute Gasteiger partial charge is 0.493 e. The number of barbiturate groups is 1. The predicted octanol–water partition coefficient (Wildman–Crippen LogP) is 5.42. The van der Waals surface area contributed by atoms with E-state index in [9.17, 15) is 19.2 Å². The Morgan fingerprint density at radius 3 is 2.29 bits per heavy atom. The van der Waals surface area contributed by atoms with Crippen molar-refractivity contribution in [2.24, 2.45) is 17.8 Å². The number of halogens is 1. The van der Waals surface area contributed by atoms with Crippen LogP contribution < -0.4 is 19.7 Å². The van der Waals surface area contributed by atoms with Crippen LogP contribution >= 0.6 is 11.6 Å². The Morgan fingerprint density at radius 1 is 1.05 bits per heavy atom. The van der Waals surface area contributed by atoms with Crippen molar-refractivity contribution in [3.63, 3.8) is 0 Å². The van der Waals surface area contributed by atoms with Gasteiger partial charge in [-0.15, -0.1) is 0 Å². The molecule has 4 amide bonds. The van der Waals surface area contributed by atoms with Gasteiger partial charge in [0.05, 0.1) is 24.4 Å². The molecule has 0 atom stereocenters. The molecule has 4 bridgehead atoms. The molecule has 1 heterocycles. The highest BCUT2D eigenvalue weighted by molar-refractivity contribution is 6.39. The molecule has 1 saturated heterocycles. The van der Waals surface area contributed by atoms with Gasteiger partial charge in [0.15, 0.2) is 18.1 Å². The summed E-state index contributed by atoms with van der Waals surface area (Å²) < 4.78 is 15.7. The zero-order valence-electron chi connectivity index (χ0n) is 23.6. The van der Waals surface area contributed by atoms with E-state index in [-0.39, 0.29) is 40.7 Å². The minimum absolute atomic E-state index is 0.0994. The summed E-state index contributed by atoms with van der Waals surface area (Å²) in [5.41, 5.74) is 1.98. The van der Waals surface area contributed by atoms with Crippen LogP contribution in [-0.2, 0) is 24.5 Å². The minimum atomic E-state index is -0.816. The van der Waals surface area contributed by atoms with Crippen LogP contribution in [0.1, 0.15) is 56.6 Å². The van der Waals surface area contributed by atoms with Gasteiger partial charge in [0, 0.05) is 0 Å². The molecule has 0 unspecified atom stereocenters. The van der Waals surface area contributed by atoms with Crippen LogP contribution in [-0.4, -0.2) is 44.1 Å². The number of methoxy groups -OCH3 is 1. The summed E-state index contributed by atoms with van der Waals surface area (Å²) >= 11 is 6.40. The average molecular weight is 593 g/mol. The third-order valence-corrected chi connectivity index (χ3v) is 9.36. The van der Waals surface area contributed by atoms with Crippen molar-refractivity contribution in [3.05, 3.63) is 58.1 Å². The fourth-order valence-corrected chi connectivity index (χ4v) is 8.06. The summed E-state index contributed by atoms with van der Waals surface area (Å²) in [7, 11) is 1.39. The number of hydrogen-bond acceptors (Lipinski definition) is 7. The van der Waals surface area contributed by atoms with Gasteiger partial charge in [0.25, 0.3) is 11.8 Å². The number of nitrogens with one attached hydrogen (secondary N) is 1. The van der Waals surface area contributed by atoms with E-state index in [4.69, 9.17) is 25.8 Å². The quantitative estimate of drug-likeness (QED) is 0.247. The summed E-state index contributed by atoms with van der Waals surface area (Å²) in [6.45, 7) is 1.52. The van der Waals surface area contributed by atoms with Crippen molar-refractivity contribution in [1.29, 1.82) is 0 Å². The first-order chi connectivity index (χ1) is 20.2. The lowest BCUT2D eigenvalue weighted by molar-refractivity contribution is -0.145. The minimum Gasteiger partial charge on any atom is -0.493 e. The first-order valence-electron chi connectivity index (χ1n) is 14.4. The maximum atomic E-state index is 13.5. The number of benzene rings is 2. The Balaban J connectivity index is 1.24. The number of ether oxygens (including phenoxy) is 3. The van der Waals surface area contributed by atoms with Crippen LogP contribution in [0.3, 0.4) is 0 Å². The number of anilines is 1. The number of hydrogen-bond donors (Lipinski definition) is 1. The van der Waals surface area contributed by atoms with Crippen molar-refractivity contribution in [3.8, 4) is 11.5 Å². The summed E-state index contributed by atoms with van der Waals surface area (Å²) in [5.74, 6) is 0.577. The van der Waals surface area contributed by atoms with E-state index in [1.165, 1.54) is 69.4 Å². The van der Waals surface area contributed by atoms with Crippen LogP contribution in [0.15, 0.2) is 42.0 Å². The van der Waals surface area contributed by atoms with Gasteiger partial charge in [-0.2, -0.15) is 0 Å². The van der Waals surface area contributed by atoms with Crippen LogP contribution in [0.2, 0.25) is 5.02 Å². The summed E-state index contributed by atoms with van der Waals surface area (Å²) in [6, 6.07) is 9.87. The highest BCUT2D eigenvalue weighted by Gasteiger charge is 2.51. The Bertz CT molecular complexity index is 1450. The number of esters is 1. The van der Waals surface area contributed by atoms with Gasteiger partial charge in [-0.25, -0.2) is 14.5 Å². The molecule has 0 radical (unpaired) electrons. The van der Waals surface area contributed by atoms with Crippen molar-refractivity contribution in [1.82, 2.24) is 5.32 Å². The lowest BCUT2D eigenvalue weighted by Gasteiger charge is -2.57. The Labute approximate surface area is 249 Å². The van der Waals surface area contributed by atoms with Crippen molar-refractivity contribution in [2.75, 3.05) is 25.2 Å². The smallest absolute Gasteiger partial charge is 0.344 e. The molecule has 2 aromatic rings. The summed E-state index contributed by atoms with van der Waals surface area (Å²) in [6.07, 6.45) is 9.02. The fourth-order valence-electron chi connectivity index (χ4n) is 7.78. The summed E-state index contributed by atoms with van der Waals surface area (Å²) in [5, 5.41) is 2.37. The second-order valence-corrected chi connectivity index (χ2v) is 12.2. The molecular formula is C32H33ClN2O7. The van der Waals surface area contributed by atoms with Gasteiger partial charge in [0.2, 0.25) is 0 Å². The highest BCUT2D eigenvalue weighted by Crippen LogP contribution is 2.60. The Morgan fingerprint density at radius 2 is 1.69 bits per heavy atom. The van der Waals surface area contributed by atoms with Gasteiger partial charge in [0.1, 0.15) is 5.57 Å². The van der Waals surface area contributed by atoms with E-state index in [1.807, 2.05) is 12.1 Å². The van der Waals surface area contributed by atoms with Crippen LogP contribution in [0.5, 0.6) is 11.5 Å². The topological polar surface area (TPSA) is 111 Å². The van der Waals surface area contributed by atoms with E-state index in [1.54, 1.807) is 19.1 Å². The van der Waals surface area contributed by atoms with E-state index in [0.29, 0.717) is 11.3 Å². The monoisotopic (exact) mass is 592 g/mol. The number of nitrogens with zero attached hydrogens (tertiary/aromatic N) is 1.